The summed E-state index contributed by atoms with van der Waals surface area (Å²) in [6.45, 7) is 0. The Kier molecular flexibility index (Phi) is 2.50. The summed E-state index contributed by atoms with van der Waals surface area (Å²) in [7, 11) is 1.73. The third-order valence-corrected chi connectivity index (χ3v) is 1.97. The number of rotatable bonds is 2. The van der Waals surface area contributed by atoms with Gasteiger partial charge in [-0.25, -0.2) is 4.98 Å². The van der Waals surface area contributed by atoms with E-state index in [0.717, 1.165) is 0 Å². The number of hydrogen-bond acceptors (Lipinski definition) is 5. The Morgan fingerprint density at radius 3 is 2.88 bits per heavy atom. The number of hydrogen-bond donors (Lipinski definition) is 2. The number of carbonyl (C=O) groups excluding carboxylic acids is 1. The number of nitrogens with one attached hydrogen (secondary N) is 1. The van der Waals surface area contributed by atoms with Crippen molar-refractivity contribution in [2.24, 2.45) is 7.05 Å². The largest absolute Gasteiger partial charge is 0.397 e. The maximum Gasteiger partial charge on any atom is 0.274 e. The molecule has 0 spiro atoms. The number of aromatic nitrogens is 4. The Morgan fingerprint density at radius 2 is 2.31 bits per heavy atom. The van der Waals surface area contributed by atoms with E-state index in [1.165, 1.54) is 12.4 Å². The van der Waals surface area contributed by atoms with Crippen molar-refractivity contribution in [2.75, 3.05) is 11.1 Å². The van der Waals surface area contributed by atoms with Crippen LogP contribution in [0, 0.1) is 0 Å². The molecule has 2 aromatic rings. The highest BCUT2D eigenvalue weighted by Gasteiger charge is 2.11. The van der Waals surface area contributed by atoms with Crippen molar-refractivity contribution < 1.29 is 4.79 Å². The van der Waals surface area contributed by atoms with E-state index in [0.29, 0.717) is 11.4 Å². The average molecular weight is 218 g/mol. The van der Waals surface area contributed by atoms with Crippen LogP contribution < -0.4 is 11.1 Å². The molecule has 0 radical (unpaired) electrons. The predicted molar refractivity (Wildman–Crippen MR) is 57.6 cm³/mol. The molecule has 2 rings (SSSR count). The lowest BCUT2D eigenvalue weighted by Crippen LogP contribution is -2.17. The first-order valence-electron chi connectivity index (χ1n) is 4.53. The number of nitrogen functional groups attached to an aromatic ring is 1. The highest BCUT2D eigenvalue weighted by Crippen LogP contribution is 2.09. The fraction of sp³-hybridized carbons (Fsp3) is 0.111. The third kappa shape index (κ3) is 1.97. The minimum Gasteiger partial charge on any atom is -0.397 e. The molecule has 0 saturated carbocycles. The summed E-state index contributed by atoms with van der Waals surface area (Å²) >= 11 is 0. The molecule has 82 valence electrons. The van der Waals surface area contributed by atoms with Crippen LogP contribution in [-0.4, -0.2) is 25.7 Å². The fourth-order valence-corrected chi connectivity index (χ4v) is 1.29. The Balaban J connectivity index is 2.18. The second kappa shape index (κ2) is 3.97. The SMILES string of the molecule is Cn1cc(N)cc1C(=O)Nc1nccnn1. The molecule has 3 N–H and O–H groups in total. The van der Waals surface area contributed by atoms with E-state index in [4.69, 9.17) is 5.73 Å². The zero-order valence-electron chi connectivity index (χ0n) is 8.58. The number of aryl methyl sites for hydroxylation is 1. The van der Waals surface area contributed by atoms with Crippen molar-refractivity contribution in [3.63, 3.8) is 0 Å². The Labute approximate surface area is 91.3 Å². The van der Waals surface area contributed by atoms with Crippen molar-refractivity contribution in [3.05, 3.63) is 30.4 Å². The minimum absolute atomic E-state index is 0.160. The van der Waals surface area contributed by atoms with Gasteiger partial charge in [0.15, 0.2) is 0 Å². The second-order valence-electron chi connectivity index (χ2n) is 3.19. The van der Waals surface area contributed by atoms with Crippen molar-refractivity contribution in [1.82, 2.24) is 19.7 Å². The smallest absolute Gasteiger partial charge is 0.274 e. The van der Waals surface area contributed by atoms with Gasteiger partial charge in [-0.05, 0) is 6.07 Å². The van der Waals surface area contributed by atoms with Crippen LogP contribution in [0.15, 0.2) is 24.7 Å². The molecule has 0 aromatic carbocycles. The predicted octanol–water partition coefficient (Wildman–Crippen LogP) is 0.0446. The molecule has 2 aromatic heterocycles. The maximum absolute atomic E-state index is 11.8. The van der Waals surface area contributed by atoms with E-state index in [-0.39, 0.29) is 11.9 Å². The van der Waals surface area contributed by atoms with Crippen molar-refractivity contribution in [1.29, 1.82) is 0 Å². The fourth-order valence-electron chi connectivity index (χ4n) is 1.29. The highest BCUT2D eigenvalue weighted by molar-refractivity contribution is 6.02. The van der Waals surface area contributed by atoms with Crippen molar-refractivity contribution >= 4 is 17.5 Å². The van der Waals surface area contributed by atoms with Crippen LogP contribution in [0.1, 0.15) is 10.5 Å². The molecule has 0 aliphatic heterocycles. The summed E-state index contributed by atoms with van der Waals surface area (Å²) in [4.78, 5) is 15.6. The van der Waals surface area contributed by atoms with Crippen LogP contribution in [0.2, 0.25) is 0 Å². The number of carbonyl (C=O) groups is 1. The molecule has 16 heavy (non-hydrogen) atoms. The molecule has 0 bridgehead atoms. The summed E-state index contributed by atoms with van der Waals surface area (Å²) in [5.74, 6) is -0.167. The molecular weight excluding hydrogens is 208 g/mol. The molecule has 7 heteroatoms. The summed E-state index contributed by atoms with van der Waals surface area (Å²) in [5.41, 5.74) is 6.53. The topological polar surface area (TPSA) is 98.7 Å². The van der Waals surface area contributed by atoms with Crippen LogP contribution in [0.25, 0.3) is 0 Å². The lowest BCUT2D eigenvalue weighted by Gasteiger charge is -2.02. The van der Waals surface area contributed by atoms with Gasteiger partial charge < -0.3 is 10.3 Å². The van der Waals surface area contributed by atoms with Gasteiger partial charge in [0.25, 0.3) is 5.91 Å². The summed E-state index contributed by atoms with van der Waals surface area (Å²) < 4.78 is 1.63. The molecule has 0 unspecified atom stereocenters. The zero-order valence-corrected chi connectivity index (χ0v) is 8.58. The molecule has 0 aliphatic carbocycles. The molecule has 7 nitrogen and oxygen atoms in total. The van der Waals surface area contributed by atoms with Crippen LogP contribution in [0.4, 0.5) is 11.6 Å². The Bertz CT molecular complexity index is 506. The number of nitrogens with zero attached hydrogens (tertiary/aromatic N) is 4. The van der Waals surface area contributed by atoms with Crippen LogP contribution in [0.5, 0.6) is 0 Å². The van der Waals surface area contributed by atoms with Crippen LogP contribution in [0.3, 0.4) is 0 Å². The van der Waals surface area contributed by atoms with E-state index in [1.807, 2.05) is 0 Å². The lowest BCUT2D eigenvalue weighted by atomic mass is 10.4. The normalized spacial score (nSPS) is 10.1. The van der Waals surface area contributed by atoms with Gasteiger partial charge >= 0.3 is 0 Å². The number of anilines is 2. The van der Waals surface area contributed by atoms with E-state index in [1.54, 1.807) is 23.9 Å². The van der Waals surface area contributed by atoms with Crippen molar-refractivity contribution in [3.8, 4) is 0 Å². The molecule has 0 atom stereocenters. The van der Waals surface area contributed by atoms with Gasteiger partial charge in [0.1, 0.15) is 5.69 Å². The summed E-state index contributed by atoms with van der Waals surface area (Å²) in [5, 5.41) is 9.76. The van der Waals surface area contributed by atoms with Gasteiger partial charge in [0.05, 0.1) is 18.1 Å². The minimum atomic E-state index is -0.327. The number of amides is 1. The quantitative estimate of drug-likeness (QED) is 0.741. The van der Waals surface area contributed by atoms with Crippen LogP contribution >= 0.6 is 0 Å². The first-order valence-corrected chi connectivity index (χ1v) is 4.53. The van der Waals surface area contributed by atoms with E-state index < -0.39 is 0 Å². The number of nitrogens with two attached hydrogens (primary N) is 1. The average Bonchev–Trinajstić information content (AvgIpc) is 2.59. The molecule has 0 fully saturated rings. The highest BCUT2D eigenvalue weighted by atomic mass is 16.2. The standard InChI is InChI=1S/C9H10N6O/c1-15-5-6(10)4-7(15)8(16)13-9-11-2-3-12-14-9/h2-5H,10H2,1H3,(H,11,13,14,16). The van der Waals surface area contributed by atoms with Gasteiger partial charge in [0, 0.05) is 13.2 Å². The van der Waals surface area contributed by atoms with Gasteiger partial charge in [-0.15, -0.1) is 5.10 Å². The van der Waals surface area contributed by atoms with E-state index >= 15 is 0 Å². The van der Waals surface area contributed by atoms with E-state index in [2.05, 4.69) is 20.5 Å². The third-order valence-electron chi connectivity index (χ3n) is 1.97. The maximum atomic E-state index is 11.8. The molecular formula is C9H10N6O. The lowest BCUT2D eigenvalue weighted by molar-refractivity contribution is 0.101. The first-order chi connectivity index (χ1) is 7.66. The Morgan fingerprint density at radius 1 is 1.50 bits per heavy atom. The van der Waals surface area contributed by atoms with Gasteiger partial charge in [-0.1, -0.05) is 0 Å². The van der Waals surface area contributed by atoms with Crippen molar-refractivity contribution in [2.45, 2.75) is 0 Å². The van der Waals surface area contributed by atoms with Gasteiger partial charge in [0.2, 0.25) is 5.95 Å². The van der Waals surface area contributed by atoms with Crippen LogP contribution in [-0.2, 0) is 7.05 Å². The monoisotopic (exact) mass is 218 g/mol. The zero-order chi connectivity index (χ0) is 11.5. The molecule has 2 heterocycles. The Hall–Kier alpha value is -2.44. The molecule has 0 aliphatic rings. The molecule has 0 saturated heterocycles. The summed E-state index contributed by atoms with van der Waals surface area (Å²) in [6, 6.07) is 1.58. The second-order valence-corrected chi connectivity index (χ2v) is 3.19. The molecule has 1 amide bonds. The van der Waals surface area contributed by atoms with Gasteiger partial charge in [-0.2, -0.15) is 5.10 Å². The van der Waals surface area contributed by atoms with Gasteiger partial charge in [-0.3, -0.25) is 10.1 Å². The first kappa shape index (κ1) is 10.1. The summed E-state index contributed by atoms with van der Waals surface area (Å²) in [6.07, 6.45) is 4.52. The van der Waals surface area contributed by atoms with E-state index in [9.17, 15) is 4.79 Å².